The van der Waals surface area contributed by atoms with Crippen molar-refractivity contribution >= 4 is 17.5 Å². The van der Waals surface area contributed by atoms with Crippen LogP contribution >= 0.6 is 0 Å². The summed E-state index contributed by atoms with van der Waals surface area (Å²) in [5.74, 6) is -1.90. The summed E-state index contributed by atoms with van der Waals surface area (Å²) in [5, 5.41) is 5.04. The van der Waals surface area contributed by atoms with Gasteiger partial charge in [0.15, 0.2) is 0 Å². The Morgan fingerprint density at radius 1 is 1.38 bits per heavy atom. The van der Waals surface area contributed by atoms with E-state index in [4.69, 9.17) is 0 Å². The van der Waals surface area contributed by atoms with Crippen molar-refractivity contribution in [3.8, 4) is 0 Å². The van der Waals surface area contributed by atoms with Gasteiger partial charge >= 0.3 is 11.8 Å². The first-order valence-electron chi connectivity index (χ1n) is 7.29. The van der Waals surface area contributed by atoms with Crippen LogP contribution in [-0.4, -0.2) is 37.5 Å². The Kier molecular flexibility index (Phi) is 5.27. The van der Waals surface area contributed by atoms with E-state index in [1.165, 1.54) is 29.2 Å². The lowest BCUT2D eigenvalue weighted by Crippen LogP contribution is -3.14. The summed E-state index contributed by atoms with van der Waals surface area (Å²) >= 11 is 0. The van der Waals surface area contributed by atoms with Gasteiger partial charge in [-0.15, -0.1) is 0 Å². The lowest BCUT2D eigenvalue weighted by Gasteiger charge is -2.19. The molecule has 1 aliphatic heterocycles. The van der Waals surface area contributed by atoms with Gasteiger partial charge in [-0.05, 0) is 25.1 Å². The number of halogens is 1. The molecule has 2 rings (SSSR count). The number of quaternary nitrogens is 1. The van der Waals surface area contributed by atoms with E-state index in [1.54, 1.807) is 0 Å². The van der Waals surface area contributed by atoms with E-state index in [-0.39, 0.29) is 5.69 Å². The molecule has 1 saturated heterocycles. The zero-order chi connectivity index (χ0) is 15.2. The maximum atomic E-state index is 13.0. The second-order valence-corrected chi connectivity index (χ2v) is 5.28. The average Bonchev–Trinajstić information content (AvgIpc) is 2.92. The van der Waals surface area contributed by atoms with Gasteiger partial charge in [-0.2, -0.15) is 0 Å². The van der Waals surface area contributed by atoms with E-state index in [0.717, 1.165) is 25.9 Å². The SMILES string of the molecule is CC[NH+]1CCC[C@H]1CNC(=O)C(=O)Nc1cccc(F)c1. The first-order chi connectivity index (χ1) is 10.1. The Morgan fingerprint density at radius 2 is 2.19 bits per heavy atom. The fourth-order valence-corrected chi connectivity index (χ4v) is 2.75. The number of hydrogen-bond acceptors (Lipinski definition) is 2. The highest BCUT2D eigenvalue weighted by molar-refractivity contribution is 6.39. The molecule has 0 radical (unpaired) electrons. The minimum atomic E-state index is -0.767. The Bertz CT molecular complexity index is 521. The minimum Gasteiger partial charge on any atom is -0.342 e. The van der Waals surface area contributed by atoms with E-state index in [9.17, 15) is 14.0 Å². The van der Waals surface area contributed by atoms with E-state index >= 15 is 0 Å². The summed E-state index contributed by atoms with van der Waals surface area (Å²) in [6, 6.07) is 5.84. The Hall–Kier alpha value is -1.95. The molecule has 114 valence electrons. The Morgan fingerprint density at radius 3 is 2.90 bits per heavy atom. The van der Waals surface area contributed by atoms with Crippen molar-refractivity contribution in [2.45, 2.75) is 25.8 Å². The zero-order valence-electron chi connectivity index (χ0n) is 12.1. The van der Waals surface area contributed by atoms with Crippen LogP contribution in [-0.2, 0) is 9.59 Å². The number of carbonyl (C=O) groups excluding carboxylic acids is 2. The smallest absolute Gasteiger partial charge is 0.313 e. The lowest BCUT2D eigenvalue weighted by atomic mass is 10.2. The number of amides is 2. The average molecular weight is 294 g/mol. The molecule has 0 spiro atoms. The van der Waals surface area contributed by atoms with Gasteiger partial charge < -0.3 is 15.5 Å². The number of rotatable bonds is 4. The van der Waals surface area contributed by atoms with Crippen LogP contribution in [0.15, 0.2) is 24.3 Å². The van der Waals surface area contributed by atoms with Crippen molar-refractivity contribution in [3.05, 3.63) is 30.1 Å². The number of likely N-dealkylation sites (N-methyl/N-ethyl adjacent to an activating group) is 1. The van der Waals surface area contributed by atoms with Gasteiger partial charge in [-0.25, -0.2) is 4.39 Å². The van der Waals surface area contributed by atoms with Crippen molar-refractivity contribution in [2.75, 3.05) is 25.0 Å². The zero-order valence-corrected chi connectivity index (χ0v) is 12.1. The predicted octanol–water partition coefficient (Wildman–Crippen LogP) is -0.0524. The third-order valence-corrected chi connectivity index (χ3v) is 3.88. The van der Waals surface area contributed by atoms with Crippen LogP contribution in [0.2, 0.25) is 0 Å². The Labute approximate surface area is 123 Å². The van der Waals surface area contributed by atoms with Gasteiger partial charge in [-0.3, -0.25) is 9.59 Å². The van der Waals surface area contributed by atoms with Gasteiger partial charge in [0, 0.05) is 18.5 Å². The third kappa shape index (κ3) is 4.26. The molecular weight excluding hydrogens is 273 g/mol. The van der Waals surface area contributed by atoms with Gasteiger partial charge in [0.05, 0.1) is 19.6 Å². The molecule has 0 aliphatic carbocycles. The highest BCUT2D eigenvalue weighted by Crippen LogP contribution is 2.08. The van der Waals surface area contributed by atoms with Crippen molar-refractivity contribution in [1.82, 2.24) is 5.32 Å². The number of likely N-dealkylation sites (tertiary alicyclic amines) is 1. The van der Waals surface area contributed by atoms with Crippen LogP contribution in [0.4, 0.5) is 10.1 Å². The lowest BCUT2D eigenvalue weighted by molar-refractivity contribution is -0.909. The van der Waals surface area contributed by atoms with E-state index < -0.39 is 17.6 Å². The molecule has 1 unspecified atom stereocenters. The molecule has 1 fully saturated rings. The van der Waals surface area contributed by atoms with Crippen LogP contribution in [0.25, 0.3) is 0 Å². The molecular formula is C15H21FN3O2+. The molecule has 21 heavy (non-hydrogen) atoms. The highest BCUT2D eigenvalue weighted by atomic mass is 19.1. The van der Waals surface area contributed by atoms with Gasteiger partial charge in [0.1, 0.15) is 11.9 Å². The fourth-order valence-electron chi connectivity index (χ4n) is 2.75. The van der Waals surface area contributed by atoms with Crippen LogP contribution in [0.5, 0.6) is 0 Å². The Balaban J connectivity index is 1.81. The van der Waals surface area contributed by atoms with E-state index in [1.807, 2.05) is 0 Å². The quantitative estimate of drug-likeness (QED) is 0.682. The number of anilines is 1. The fraction of sp³-hybridized carbons (Fsp3) is 0.467. The topological polar surface area (TPSA) is 62.6 Å². The molecule has 0 saturated carbocycles. The molecule has 2 atom stereocenters. The first-order valence-corrected chi connectivity index (χ1v) is 7.29. The maximum absolute atomic E-state index is 13.0. The monoisotopic (exact) mass is 294 g/mol. The minimum absolute atomic E-state index is 0.275. The molecule has 2 amide bonds. The molecule has 5 nitrogen and oxygen atoms in total. The van der Waals surface area contributed by atoms with Crippen LogP contribution in [0.3, 0.4) is 0 Å². The second kappa shape index (κ2) is 7.17. The molecule has 1 heterocycles. The van der Waals surface area contributed by atoms with Gasteiger partial charge in [-0.1, -0.05) is 6.07 Å². The number of hydrogen-bond donors (Lipinski definition) is 3. The van der Waals surface area contributed by atoms with Crippen LogP contribution in [0, 0.1) is 5.82 Å². The summed E-state index contributed by atoms with van der Waals surface area (Å²) in [6.45, 7) is 4.76. The molecule has 1 aromatic rings. The second-order valence-electron chi connectivity index (χ2n) is 5.28. The van der Waals surface area contributed by atoms with Crippen molar-refractivity contribution in [1.29, 1.82) is 0 Å². The largest absolute Gasteiger partial charge is 0.342 e. The molecule has 6 heteroatoms. The summed E-state index contributed by atoms with van der Waals surface area (Å²) in [5.41, 5.74) is 0.275. The normalized spacial score (nSPS) is 21.0. The number of carbonyl (C=O) groups is 2. The number of benzene rings is 1. The summed E-state index contributed by atoms with van der Waals surface area (Å²) < 4.78 is 13.0. The standard InChI is InChI=1S/C15H20FN3O2/c1-2-19-8-4-7-13(19)10-17-14(20)15(21)18-12-6-3-5-11(16)9-12/h3,5-6,9,13H,2,4,7-8,10H2,1H3,(H,17,20)(H,18,21)/p+1/t13-/m0/s1. The maximum Gasteiger partial charge on any atom is 0.313 e. The van der Waals surface area contributed by atoms with Crippen LogP contribution < -0.4 is 15.5 Å². The molecule has 1 aliphatic rings. The highest BCUT2D eigenvalue weighted by Gasteiger charge is 2.27. The predicted molar refractivity (Wildman–Crippen MR) is 77.4 cm³/mol. The summed E-state index contributed by atoms with van der Waals surface area (Å²) in [4.78, 5) is 24.9. The van der Waals surface area contributed by atoms with E-state index in [0.29, 0.717) is 12.6 Å². The van der Waals surface area contributed by atoms with Gasteiger partial charge in [0.2, 0.25) is 0 Å². The third-order valence-electron chi connectivity index (χ3n) is 3.88. The number of nitrogens with one attached hydrogen (secondary N) is 3. The summed E-state index contributed by atoms with van der Waals surface area (Å²) in [6.07, 6.45) is 2.22. The van der Waals surface area contributed by atoms with Crippen molar-refractivity contribution in [2.24, 2.45) is 0 Å². The first kappa shape index (κ1) is 15.4. The molecule has 3 N–H and O–H groups in total. The van der Waals surface area contributed by atoms with Crippen LogP contribution in [0.1, 0.15) is 19.8 Å². The molecule has 0 aromatic heterocycles. The van der Waals surface area contributed by atoms with Crippen molar-refractivity contribution < 1.29 is 18.9 Å². The molecule has 1 aromatic carbocycles. The van der Waals surface area contributed by atoms with Crippen molar-refractivity contribution in [3.63, 3.8) is 0 Å². The molecule has 0 bridgehead atoms. The summed E-state index contributed by atoms with van der Waals surface area (Å²) in [7, 11) is 0. The van der Waals surface area contributed by atoms with Gasteiger partial charge in [0.25, 0.3) is 0 Å². The van der Waals surface area contributed by atoms with E-state index in [2.05, 4.69) is 17.6 Å².